The first-order chi connectivity index (χ1) is 8.18. The minimum Gasteiger partial charge on any atom is -0.444 e. The van der Waals surface area contributed by atoms with Crippen LogP contribution in [0.15, 0.2) is 5.16 Å². The zero-order valence-corrected chi connectivity index (χ0v) is 11.3. The summed E-state index contributed by atoms with van der Waals surface area (Å²) in [5.74, 6) is 0. The molecule has 1 amide bonds. The van der Waals surface area contributed by atoms with Gasteiger partial charge in [-0.2, -0.15) is 0 Å². The highest BCUT2D eigenvalue weighted by Gasteiger charge is 2.41. The number of hydrogen-bond donors (Lipinski definition) is 1. The van der Waals surface area contributed by atoms with E-state index in [9.17, 15) is 9.18 Å². The van der Waals surface area contributed by atoms with Gasteiger partial charge in [-0.25, -0.2) is 9.18 Å². The fourth-order valence-corrected chi connectivity index (χ4v) is 1.80. The number of rotatable bonds is 1. The Morgan fingerprint density at radius 3 is 2.67 bits per heavy atom. The van der Waals surface area contributed by atoms with Crippen LogP contribution in [0.5, 0.6) is 0 Å². The lowest BCUT2D eigenvalue weighted by atomic mass is 9.80. The van der Waals surface area contributed by atoms with Crippen LogP contribution in [0.4, 0.5) is 9.18 Å². The molecule has 1 N–H and O–H groups in total. The van der Waals surface area contributed by atoms with E-state index in [2.05, 4.69) is 5.16 Å². The lowest BCUT2D eigenvalue weighted by molar-refractivity contribution is 0.000446. The van der Waals surface area contributed by atoms with Crippen molar-refractivity contribution in [3.05, 3.63) is 0 Å². The molecule has 1 fully saturated rings. The molecule has 0 aliphatic carbocycles. The van der Waals surface area contributed by atoms with Gasteiger partial charge in [0.2, 0.25) is 0 Å². The molecule has 0 aromatic rings. The number of alkyl halides is 1. The van der Waals surface area contributed by atoms with Gasteiger partial charge in [0, 0.05) is 12.0 Å². The third-order valence-electron chi connectivity index (χ3n) is 3.02. The van der Waals surface area contributed by atoms with E-state index >= 15 is 0 Å². The number of ether oxygens (including phenoxy) is 1. The van der Waals surface area contributed by atoms with Crippen molar-refractivity contribution in [1.82, 2.24) is 4.90 Å². The Morgan fingerprint density at radius 1 is 1.61 bits per heavy atom. The number of piperidine rings is 1. The maximum Gasteiger partial charge on any atom is 0.410 e. The number of likely N-dealkylation sites (tertiary alicyclic amines) is 1. The molecule has 2 atom stereocenters. The molecule has 0 saturated carbocycles. The van der Waals surface area contributed by atoms with Gasteiger partial charge in [0.1, 0.15) is 11.8 Å². The highest BCUT2D eigenvalue weighted by atomic mass is 19.1. The smallest absolute Gasteiger partial charge is 0.410 e. The first kappa shape index (κ1) is 14.7. The van der Waals surface area contributed by atoms with Crippen LogP contribution in [0.1, 0.15) is 34.1 Å². The number of amides is 1. The van der Waals surface area contributed by atoms with Gasteiger partial charge in [0.05, 0.1) is 12.8 Å². The van der Waals surface area contributed by atoms with Gasteiger partial charge in [-0.05, 0) is 27.2 Å². The minimum absolute atomic E-state index is 0.0442. The molecule has 0 spiro atoms. The highest BCUT2D eigenvalue weighted by molar-refractivity contribution is 5.70. The summed E-state index contributed by atoms with van der Waals surface area (Å²) in [7, 11) is 0. The predicted octanol–water partition coefficient (Wildman–Crippen LogP) is 2.43. The normalized spacial score (nSPS) is 29.6. The van der Waals surface area contributed by atoms with Gasteiger partial charge in [0.15, 0.2) is 0 Å². The molecule has 1 rings (SSSR count). The number of carbonyl (C=O) groups excluding carboxylic acids is 1. The Bertz CT molecular complexity index is 341. The van der Waals surface area contributed by atoms with Crippen molar-refractivity contribution in [2.45, 2.75) is 45.9 Å². The Labute approximate surface area is 107 Å². The summed E-state index contributed by atoms with van der Waals surface area (Å²) in [6.45, 7) is 7.32. The lowest BCUT2D eigenvalue weighted by Crippen LogP contribution is -2.51. The molecule has 1 aliphatic heterocycles. The summed E-state index contributed by atoms with van der Waals surface area (Å²) in [5.41, 5.74) is -1.41. The zero-order valence-electron chi connectivity index (χ0n) is 11.3. The van der Waals surface area contributed by atoms with Crippen LogP contribution >= 0.6 is 0 Å². The molecular weight excluding hydrogens is 239 g/mol. The summed E-state index contributed by atoms with van der Waals surface area (Å²) in [4.78, 5) is 13.1. The number of halogens is 1. The van der Waals surface area contributed by atoms with Gasteiger partial charge in [-0.1, -0.05) is 6.92 Å². The van der Waals surface area contributed by atoms with Crippen molar-refractivity contribution < 1.29 is 19.1 Å². The molecule has 2 unspecified atom stereocenters. The molecular formula is C12H21FN2O3. The molecule has 1 heterocycles. The average Bonchev–Trinajstić information content (AvgIpc) is 2.20. The Kier molecular flexibility index (Phi) is 4.19. The van der Waals surface area contributed by atoms with Crippen molar-refractivity contribution in [2.75, 3.05) is 13.1 Å². The van der Waals surface area contributed by atoms with Crippen LogP contribution < -0.4 is 0 Å². The van der Waals surface area contributed by atoms with E-state index in [4.69, 9.17) is 9.94 Å². The van der Waals surface area contributed by atoms with E-state index in [0.717, 1.165) is 0 Å². The first-order valence-corrected chi connectivity index (χ1v) is 5.98. The molecule has 1 saturated heterocycles. The Morgan fingerprint density at radius 2 is 2.22 bits per heavy atom. The van der Waals surface area contributed by atoms with E-state index in [1.54, 1.807) is 27.7 Å². The molecule has 0 radical (unpaired) electrons. The molecule has 6 heteroatoms. The molecule has 0 bridgehead atoms. The van der Waals surface area contributed by atoms with E-state index in [1.807, 2.05) is 0 Å². The quantitative estimate of drug-likeness (QED) is 0.447. The second-order valence-corrected chi connectivity index (χ2v) is 5.89. The zero-order chi connectivity index (χ0) is 14.0. The number of oxime groups is 1. The predicted molar refractivity (Wildman–Crippen MR) is 65.7 cm³/mol. The van der Waals surface area contributed by atoms with Gasteiger partial charge in [-0.15, -0.1) is 5.16 Å². The van der Waals surface area contributed by atoms with Gasteiger partial charge in [-0.3, -0.25) is 0 Å². The third kappa shape index (κ3) is 3.58. The van der Waals surface area contributed by atoms with Crippen molar-refractivity contribution >= 4 is 12.3 Å². The van der Waals surface area contributed by atoms with E-state index in [0.29, 0.717) is 13.0 Å². The van der Waals surface area contributed by atoms with Crippen molar-refractivity contribution in [3.8, 4) is 0 Å². The van der Waals surface area contributed by atoms with Gasteiger partial charge in [0.25, 0.3) is 0 Å². The molecule has 1 aliphatic rings. The fraction of sp³-hybridized carbons (Fsp3) is 0.833. The largest absolute Gasteiger partial charge is 0.444 e. The molecule has 104 valence electrons. The van der Waals surface area contributed by atoms with Crippen LogP contribution in [-0.4, -0.2) is 47.3 Å². The summed E-state index contributed by atoms with van der Waals surface area (Å²) < 4.78 is 19.2. The summed E-state index contributed by atoms with van der Waals surface area (Å²) in [6.07, 6.45) is -0.176. The standard InChI is InChI=1S/C12H21FN2O3/c1-11(2,3)18-10(16)15-6-5-12(4,8-14-17)9(13)7-15/h8-9,17H,5-7H2,1-4H3. The van der Waals surface area contributed by atoms with Crippen molar-refractivity contribution in [2.24, 2.45) is 10.6 Å². The second kappa shape index (κ2) is 5.12. The maximum absolute atomic E-state index is 14.0. The van der Waals surface area contributed by atoms with E-state index < -0.39 is 23.3 Å². The van der Waals surface area contributed by atoms with Gasteiger partial charge >= 0.3 is 6.09 Å². The highest BCUT2D eigenvalue weighted by Crippen LogP contribution is 2.32. The number of nitrogens with zero attached hydrogens (tertiary/aromatic N) is 2. The summed E-state index contributed by atoms with van der Waals surface area (Å²) >= 11 is 0. The summed E-state index contributed by atoms with van der Waals surface area (Å²) in [6, 6.07) is 0. The minimum atomic E-state index is -1.27. The molecule has 18 heavy (non-hydrogen) atoms. The van der Waals surface area contributed by atoms with Crippen molar-refractivity contribution in [1.29, 1.82) is 0 Å². The average molecular weight is 260 g/mol. The van der Waals surface area contributed by atoms with E-state index in [1.165, 1.54) is 11.1 Å². The fourth-order valence-electron chi connectivity index (χ4n) is 1.80. The Hall–Kier alpha value is -1.33. The van der Waals surface area contributed by atoms with Crippen LogP contribution in [0, 0.1) is 5.41 Å². The van der Waals surface area contributed by atoms with Crippen LogP contribution in [0.3, 0.4) is 0 Å². The van der Waals surface area contributed by atoms with Crippen molar-refractivity contribution in [3.63, 3.8) is 0 Å². The molecule has 5 nitrogen and oxygen atoms in total. The lowest BCUT2D eigenvalue weighted by Gasteiger charge is -2.39. The van der Waals surface area contributed by atoms with Crippen LogP contribution in [-0.2, 0) is 4.74 Å². The SMILES string of the molecule is CC(C)(C)OC(=O)N1CCC(C)(C=NO)C(F)C1. The number of carbonyl (C=O) groups is 1. The monoisotopic (exact) mass is 260 g/mol. The topological polar surface area (TPSA) is 62.1 Å². The summed E-state index contributed by atoms with van der Waals surface area (Å²) in [5, 5.41) is 11.4. The van der Waals surface area contributed by atoms with Gasteiger partial charge < -0.3 is 14.8 Å². The molecule has 0 aromatic heterocycles. The first-order valence-electron chi connectivity index (χ1n) is 5.98. The van der Waals surface area contributed by atoms with Crippen LogP contribution in [0.25, 0.3) is 0 Å². The van der Waals surface area contributed by atoms with E-state index in [-0.39, 0.29) is 6.54 Å². The maximum atomic E-state index is 14.0. The Balaban J connectivity index is 2.64. The second-order valence-electron chi connectivity index (χ2n) is 5.89. The molecule has 0 aromatic carbocycles. The van der Waals surface area contributed by atoms with Crippen LogP contribution in [0.2, 0.25) is 0 Å². The number of hydrogen-bond acceptors (Lipinski definition) is 4. The third-order valence-corrected chi connectivity index (χ3v) is 3.02.